The van der Waals surface area contributed by atoms with Gasteiger partial charge in [0.05, 0.1) is 19.6 Å². The van der Waals surface area contributed by atoms with Crippen LogP contribution in [0.4, 0.5) is 0 Å². The average molecular weight is 309 g/mol. The molecule has 0 radical (unpaired) electrons. The van der Waals surface area contributed by atoms with Gasteiger partial charge in [-0.1, -0.05) is 19.1 Å². The summed E-state index contributed by atoms with van der Waals surface area (Å²) in [4.78, 5) is 23.8. The molecule has 122 valence electrons. The van der Waals surface area contributed by atoms with E-state index in [2.05, 4.69) is 5.32 Å². The molecule has 0 bridgehead atoms. The Labute approximate surface area is 130 Å². The zero-order valence-corrected chi connectivity index (χ0v) is 13.4. The van der Waals surface area contributed by atoms with Crippen LogP contribution >= 0.6 is 0 Å². The van der Waals surface area contributed by atoms with E-state index in [0.717, 1.165) is 5.56 Å². The summed E-state index contributed by atoms with van der Waals surface area (Å²) in [6, 6.07) is 7.16. The van der Waals surface area contributed by atoms with Crippen molar-refractivity contribution in [2.24, 2.45) is 0 Å². The lowest BCUT2D eigenvalue weighted by atomic mass is 9.93. The molecule has 2 atom stereocenters. The molecule has 1 aromatic carbocycles. The van der Waals surface area contributed by atoms with Crippen molar-refractivity contribution in [1.29, 1.82) is 0 Å². The lowest BCUT2D eigenvalue weighted by Gasteiger charge is -2.27. The van der Waals surface area contributed by atoms with Gasteiger partial charge in [0.25, 0.3) is 0 Å². The molecule has 0 fully saturated rings. The number of benzene rings is 1. The minimum Gasteiger partial charge on any atom is -0.497 e. The molecule has 22 heavy (non-hydrogen) atoms. The van der Waals surface area contributed by atoms with Gasteiger partial charge < -0.3 is 19.9 Å². The number of hydrogen-bond acceptors (Lipinski definition) is 4. The molecule has 0 aliphatic rings. The van der Waals surface area contributed by atoms with Crippen molar-refractivity contribution < 1.29 is 24.2 Å². The first-order valence-electron chi connectivity index (χ1n) is 7.06. The normalized spacial score (nSPS) is 14.7. The second-order valence-corrected chi connectivity index (χ2v) is 5.29. The van der Waals surface area contributed by atoms with Crippen LogP contribution in [0.1, 0.15) is 31.7 Å². The number of carbonyl (C=O) groups excluding carboxylic acids is 1. The number of aliphatic carboxylic acids is 1. The van der Waals surface area contributed by atoms with Crippen molar-refractivity contribution >= 4 is 11.9 Å². The fraction of sp³-hybridized carbons (Fsp3) is 0.500. The van der Waals surface area contributed by atoms with Crippen LogP contribution in [-0.2, 0) is 14.3 Å². The predicted octanol–water partition coefficient (Wildman–Crippen LogP) is 1.79. The van der Waals surface area contributed by atoms with E-state index in [0.29, 0.717) is 12.2 Å². The van der Waals surface area contributed by atoms with Crippen molar-refractivity contribution in [2.75, 3.05) is 20.8 Å². The van der Waals surface area contributed by atoms with E-state index in [1.165, 1.54) is 14.0 Å². The van der Waals surface area contributed by atoms with E-state index < -0.39 is 17.4 Å². The summed E-state index contributed by atoms with van der Waals surface area (Å²) >= 11 is 0. The number of carbonyl (C=O) groups is 2. The third kappa shape index (κ3) is 4.21. The molecule has 1 aromatic rings. The van der Waals surface area contributed by atoms with Gasteiger partial charge in [-0.15, -0.1) is 0 Å². The number of carboxylic acids is 1. The van der Waals surface area contributed by atoms with E-state index in [9.17, 15) is 14.7 Å². The molecule has 2 unspecified atom stereocenters. The lowest BCUT2D eigenvalue weighted by Crippen LogP contribution is -2.56. The Kier molecular flexibility index (Phi) is 6.37. The Morgan fingerprint density at radius 1 is 1.27 bits per heavy atom. The topological polar surface area (TPSA) is 84.9 Å². The molecule has 0 saturated heterocycles. The average Bonchev–Trinajstić information content (AvgIpc) is 2.48. The molecule has 6 heteroatoms. The van der Waals surface area contributed by atoms with Gasteiger partial charge in [0.15, 0.2) is 5.54 Å². The highest BCUT2D eigenvalue weighted by atomic mass is 16.5. The first-order chi connectivity index (χ1) is 10.4. The smallest absolute Gasteiger partial charge is 0.331 e. The molecule has 2 N–H and O–H groups in total. The van der Waals surface area contributed by atoms with Gasteiger partial charge in [0.2, 0.25) is 5.91 Å². The summed E-state index contributed by atoms with van der Waals surface area (Å²) in [5.74, 6) is -1.20. The molecule has 0 aromatic heterocycles. The van der Waals surface area contributed by atoms with Gasteiger partial charge in [-0.25, -0.2) is 4.79 Å². The minimum atomic E-state index is -1.45. The number of rotatable bonds is 8. The first kappa shape index (κ1) is 18.0. The largest absolute Gasteiger partial charge is 0.497 e. The van der Waals surface area contributed by atoms with Gasteiger partial charge in [-0.05, 0) is 31.0 Å². The summed E-state index contributed by atoms with van der Waals surface area (Å²) in [5.41, 5.74) is -0.642. The maximum Gasteiger partial charge on any atom is 0.331 e. The third-order valence-corrected chi connectivity index (χ3v) is 3.55. The molecule has 0 spiro atoms. The number of methoxy groups -OCH3 is 2. The van der Waals surface area contributed by atoms with E-state index in [-0.39, 0.29) is 12.5 Å². The van der Waals surface area contributed by atoms with Crippen LogP contribution in [0.25, 0.3) is 0 Å². The second-order valence-electron chi connectivity index (χ2n) is 5.29. The molecule has 0 aliphatic heterocycles. The Morgan fingerprint density at radius 3 is 2.27 bits per heavy atom. The number of amides is 1. The monoisotopic (exact) mass is 309 g/mol. The lowest BCUT2D eigenvalue weighted by molar-refractivity contribution is -0.149. The Hall–Kier alpha value is -2.08. The van der Waals surface area contributed by atoms with Crippen molar-refractivity contribution in [3.05, 3.63) is 29.8 Å². The quantitative estimate of drug-likeness (QED) is 0.765. The highest BCUT2D eigenvalue weighted by Crippen LogP contribution is 2.23. The zero-order valence-electron chi connectivity index (χ0n) is 13.4. The Balaban J connectivity index is 2.93. The fourth-order valence-electron chi connectivity index (χ4n) is 2.21. The van der Waals surface area contributed by atoms with E-state index in [1.807, 2.05) is 6.92 Å². The van der Waals surface area contributed by atoms with Gasteiger partial charge >= 0.3 is 5.97 Å². The molecule has 1 amide bonds. The summed E-state index contributed by atoms with van der Waals surface area (Å²) < 4.78 is 10.00. The summed E-state index contributed by atoms with van der Waals surface area (Å²) in [5, 5.41) is 11.9. The Morgan fingerprint density at radius 2 is 1.86 bits per heavy atom. The van der Waals surface area contributed by atoms with Crippen LogP contribution in [-0.4, -0.2) is 43.3 Å². The summed E-state index contributed by atoms with van der Waals surface area (Å²) in [7, 11) is 2.97. The van der Waals surface area contributed by atoms with Crippen LogP contribution in [0.5, 0.6) is 5.75 Å². The maximum atomic E-state index is 12.5. The SMILES string of the molecule is CCC(C(=O)NC(C)(COC)C(=O)O)c1ccc(OC)cc1. The molecule has 0 heterocycles. The van der Waals surface area contributed by atoms with Crippen LogP contribution in [0, 0.1) is 0 Å². The Bertz CT molecular complexity index is 514. The van der Waals surface area contributed by atoms with Gasteiger partial charge in [-0.2, -0.15) is 0 Å². The first-order valence-corrected chi connectivity index (χ1v) is 7.06. The highest BCUT2D eigenvalue weighted by molar-refractivity contribution is 5.90. The summed E-state index contributed by atoms with van der Waals surface area (Å²) in [6.45, 7) is 3.20. The highest BCUT2D eigenvalue weighted by Gasteiger charge is 2.36. The number of ether oxygens (including phenoxy) is 2. The number of carboxylic acid groups (broad SMARTS) is 1. The molecular formula is C16H23NO5. The summed E-state index contributed by atoms with van der Waals surface area (Å²) in [6.07, 6.45) is 0.556. The molecular weight excluding hydrogens is 286 g/mol. The maximum absolute atomic E-state index is 12.5. The molecule has 6 nitrogen and oxygen atoms in total. The van der Waals surface area contributed by atoms with Gasteiger partial charge in [0.1, 0.15) is 5.75 Å². The van der Waals surface area contributed by atoms with Gasteiger partial charge in [0, 0.05) is 7.11 Å². The fourth-order valence-corrected chi connectivity index (χ4v) is 2.21. The number of hydrogen-bond donors (Lipinski definition) is 2. The van der Waals surface area contributed by atoms with Crippen molar-refractivity contribution in [3.8, 4) is 5.75 Å². The number of nitrogens with one attached hydrogen (secondary N) is 1. The van der Waals surface area contributed by atoms with E-state index in [1.54, 1.807) is 31.4 Å². The van der Waals surface area contributed by atoms with Crippen molar-refractivity contribution in [3.63, 3.8) is 0 Å². The van der Waals surface area contributed by atoms with Gasteiger partial charge in [-0.3, -0.25) is 4.79 Å². The van der Waals surface area contributed by atoms with Crippen LogP contribution in [0.15, 0.2) is 24.3 Å². The molecule has 0 saturated carbocycles. The van der Waals surface area contributed by atoms with Crippen LogP contribution in [0.2, 0.25) is 0 Å². The predicted molar refractivity (Wildman–Crippen MR) is 82.1 cm³/mol. The molecule has 1 rings (SSSR count). The van der Waals surface area contributed by atoms with Crippen LogP contribution < -0.4 is 10.1 Å². The molecule has 0 aliphatic carbocycles. The zero-order chi connectivity index (χ0) is 16.8. The second kappa shape index (κ2) is 7.79. The minimum absolute atomic E-state index is 0.104. The van der Waals surface area contributed by atoms with E-state index >= 15 is 0 Å². The van der Waals surface area contributed by atoms with Crippen molar-refractivity contribution in [2.45, 2.75) is 31.7 Å². The van der Waals surface area contributed by atoms with E-state index in [4.69, 9.17) is 9.47 Å². The van der Waals surface area contributed by atoms with Crippen LogP contribution in [0.3, 0.4) is 0 Å². The third-order valence-electron chi connectivity index (χ3n) is 3.55. The standard InChI is InChI=1S/C16H23NO5/c1-5-13(11-6-8-12(22-4)9-7-11)14(18)17-16(2,10-21-3)15(19)20/h6-9,13H,5,10H2,1-4H3,(H,17,18)(H,19,20). The van der Waals surface area contributed by atoms with Crippen molar-refractivity contribution in [1.82, 2.24) is 5.32 Å².